The monoisotopic (exact) mass is 355 g/mol. The van der Waals surface area contributed by atoms with E-state index < -0.39 is 0 Å². The lowest BCUT2D eigenvalue weighted by molar-refractivity contribution is 0.965. The van der Waals surface area contributed by atoms with Crippen LogP contribution < -0.4 is 10.2 Å². The van der Waals surface area contributed by atoms with Gasteiger partial charge in [0.15, 0.2) is 0 Å². The molecule has 7 heteroatoms. The first-order chi connectivity index (χ1) is 13.2. The van der Waals surface area contributed by atoms with Crippen LogP contribution in [0.25, 0.3) is 27.3 Å². The van der Waals surface area contributed by atoms with Gasteiger partial charge in [-0.3, -0.25) is 9.97 Å². The van der Waals surface area contributed by atoms with E-state index in [1.165, 1.54) is 0 Å². The minimum absolute atomic E-state index is 0.773. The molecular formula is C20H17N7. The summed E-state index contributed by atoms with van der Waals surface area (Å²) in [6.45, 7) is 0. The van der Waals surface area contributed by atoms with Crippen molar-refractivity contribution in [1.82, 2.24) is 24.6 Å². The molecule has 0 aliphatic rings. The summed E-state index contributed by atoms with van der Waals surface area (Å²) in [4.78, 5) is 15.5. The molecule has 0 fully saturated rings. The van der Waals surface area contributed by atoms with Crippen molar-refractivity contribution in [3.8, 4) is 0 Å². The molecule has 0 amide bonds. The summed E-state index contributed by atoms with van der Waals surface area (Å²) >= 11 is 0. The van der Waals surface area contributed by atoms with E-state index in [-0.39, 0.29) is 0 Å². The number of hydrogen-bond acceptors (Lipinski definition) is 6. The third kappa shape index (κ3) is 2.52. The molecule has 1 N–H and O–H groups in total. The second-order valence-corrected chi connectivity index (χ2v) is 6.55. The quantitative estimate of drug-likeness (QED) is 0.533. The van der Waals surface area contributed by atoms with Crippen LogP contribution >= 0.6 is 0 Å². The third-order valence-electron chi connectivity index (χ3n) is 4.59. The van der Waals surface area contributed by atoms with E-state index in [2.05, 4.69) is 37.4 Å². The van der Waals surface area contributed by atoms with Crippen molar-refractivity contribution in [2.75, 3.05) is 24.3 Å². The molecule has 0 saturated heterocycles. The zero-order valence-electron chi connectivity index (χ0n) is 15.0. The van der Waals surface area contributed by atoms with Gasteiger partial charge in [-0.25, -0.2) is 9.50 Å². The van der Waals surface area contributed by atoms with Crippen molar-refractivity contribution in [1.29, 1.82) is 0 Å². The van der Waals surface area contributed by atoms with E-state index in [1.54, 1.807) is 23.1 Å². The second-order valence-electron chi connectivity index (χ2n) is 6.55. The number of hydrogen-bond donors (Lipinski definition) is 1. The van der Waals surface area contributed by atoms with Crippen LogP contribution in [0, 0.1) is 0 Å². The van der Waals surface area contributed by atoms with Crippen LogP contribution in [0.5, 0.6) is 0 Å². The normalized spacial score (nSPS) is 11.3. The van der Waals surface area contributed by atoms with Gasteiger partial charge in [0.2, 0.25) is 0 Å². The van der Waals surface area contributed by atoms with Crippen LogP contribution in [0.1, 0.15) is 0 Å². The Morgan fingerprint density at radius 1 is 0.963 bits per heavy atom. The molecule has 0 aliphatic heterocycles. The maximum Gasteiger partial charge on any atom is 0.139 e. The molecule has 0 saturated carbocycles. The zero-order valence-corrected chi connectivity index (χ0v) is 15.0. The van der Waals surface area contributed by atoms with Gasteiger partial charge in [-0.2, -0.15) is 5.10 Å². The fourth-order valence-electron chi connectivity index (χ4n) is 3.24. The van der Waals surface area contributed by atoms with Gasteiger partial charge < -0.3 is 10.2 Å². The second kappa shape index (κ2) is 5.91. The summed E-state index contributed by atoms with van der Waals surface area (Å²) < 4.78 is 1.80. The van der Waals surface area contributed by atoms with Crippen molar-refractivity contribution in [2.24, 2.45) is 0 Å². The largest absolute Gasteiger partial charge is 0.378 e. The number of aromatic nitrogens is 5. The van der Waals surface area contributed by atoms with Crippen LogP contribution in [0.15, 0.2) is 61.3 Å². The first-order valence-corrected chi connectivity index (χ1v) is 8.61. The number of fused-ring (bicyclic) bond motifs is 5. The fraction of sp³-hybridized carbons (Fsp3) is 0.100. The third-order valence-corrected chi connectivity index (χ3v) is 4.59. The van der Waals surface area contributed by atoms with Gasteiger partial charge >= 0.3 is 0 Å². The number of anilines is 3. The molecule has 7 nitrogen and oxygen atoms in total. The molecule has 5 rings (SSSR count). The SMILES string of the molecule is CN(C)c1cccc(Nc2nc3c(nn4ccncc34)c3cnccc23)c1. The van der Waals surface area contributed by atoms with E-state index in [0.717, 1.165) is 44.5 Å². The predicted molar refractivity (Wildman–Crippen MR) is 108 cm³/mol. The maximum absolute atomic E-state index is 4.89. The summed E-state index contributed by atoms with van der Waals surface area (Å²) in [5.74, 6) is 0.773. The van der Waals surface area contributed by atoms with Crippen LogP contribution in [0.3, 0.4) is 0 Å². The highest BCUT2D eigenvalue weighted by atomic mass is 15.2. The fourth-order valence-corrected chi connectivity index (χ4v) is 3.24. The van der Waals surface area contributed by atoms with Crippen LogP contribution in [-0.4, -0.2) is 38.7 Å². The molecule has 132 valence electrons. The van der Waals surface area contributed by atoms with Gasteiger partial charge in [0.05, 0.1) is 6.20 Å². The highest BCUT2D eigenvalue weighted by Crippen LogP contribution is 2.32. The molecule has 4 heterocycles. The molecule has 0 aliphatic carbocycles. The van der Waals surface area contributed by atoms with Crippen LogP contribution in [-0.2, 0) is 0 Å². The van der Waals surface area contributed by atoms with Crippen molar-refractivity contribution >= 4 is 44.5 Å². The number of benzene rings is 1. The van der Waals surface area contributed by atoms with Gasteiger partial charge in [0.1, 0.15) is 22.4 Å². The average molecular weight is 355 g/mol. The van der Waals surface area contributed by atoms with E-state index in [9.17, 15) is 0 Å². The van der Waals surface area contributed by atoms with Crippen molar-refractivity contribution in [3.63, 3.8) is 0 Å². The van der Waals surface area contributed by atoms with Gasteiger partial charge in [-0.1, -0.05) is 6.07 Å². The zero-order chi connectivity index (χ0) is 18.4. The summed E-state index contributed by atoms with van der Waals surface area (Å²) in [6.07, 6.45) is 8.92. The standard InChI is InChI=1S/C20H17N7/c1-26(2)14-5-3-4-13(10-14)23-20-15-6-7-21-11-16(15)18-19(24-20)17-12-22-8-9-27(17)25-18/h3-12H,1-2H3,(H,23,24). The predicted octanol–water partition coefficient (Wildman–Crippen LogP) is 3.64. The lowest BCUT2D eigenvalue weighted by Gasteiger charge is -2.15. The van der Waals surface area contributed by atoms with E-state index in [4.69, 9.17) is 4.98 Å². The van der Waals surface area contributed by atoms with Gasteiger partial charge in [-0.15, -0.1) is 0 Å². The Hall–Kier alpha value is -3.74. The molecule has 0 bridgehead atoms. The number of rotatable bonds is 3. The molecule has 0 spiro atoms. The Kier molecular flexibility index (Phi) is 3.39. The first-order valence-electron chi connectivity index (χ1n) is 8.61. The molecule has 0 unspecified atom stereocenters. The topological polar surface area (TPSA) is 71.2 Å². The lowest BCUT2D eigenvalue weighted by Crippen LogP contribution is -2.08. The Bertz CT molecular complexity index is 1290. The maximum atomic E-state index is 4.89. The molecule has 0 atom stereocenters. The molecule has 4 aromatic heterocycles. The summed E-state index contributed by atoms with van der Waals surface area (Å²) in [5.41, 5.74) is 4.57. The minimum Gasteiger partial charge on any atom is -0.378 e. The minimum atomic E-state index is 0.773. The van der Waals surface area contributed by atoms with Crippen molar-refractivity contribution < 1.29 is 0 Å². The molecule has 27 heavy (non-hydrogen) atoms. The van der Waals surface area contributed by atoms with E-state index in [0.29, 0.717) is 0 Å². The molecule has 0 radical (unpaired) electrons. The van der Waals surface area contributed by atoms with Gasteiger partial charge in [0, 0.05) is 61.0 Å². The molecular weight excluding hydrogens is 338 g/mol. The first kappa shape index (κ1) is 15.5. The summed E-state index contributed by atoms with van der Waals surface area (Å²) in [7, 11) is 4.05. The lowest BCUT2D eigenvalue weighted by atomic mass is 10.1. The highest BCUT2D eigenvalue weighted by molar-refractivity contribution is 6.12. The van der Waals surface area contributed by atoms with Crippen molar-refractivity contribution in [3.05, 3.63) is 61.3 Å². The number of nitrogens with one attached hydrogen (secondary N) is 1. The van der Waals surface area contributed by atoms with Crippen molar-refractivity contribution in [2.45, 2.75) is 0 Å². The van der Waals surface area contributed by atoms with Gasteiger partial charge in [0.25, 0.3) is 0 Å². The summed E-state index contributed by atoms with van der Waals surface area (Å²) in [6, 6.07) is 10.2. The van der Waals surface area contributed by atoms with E-state index >= 15 is 0 Å². The average Bonchev–Trinajstić information content (AvgIpc) is 3.07. The smallest absolute Gasteiger partial charge is 0.139 e. The summed E-state index contributed by atoms with van der Waals surface area (Å²) in [5, 5.41) is 10.1. The number of nitrogens with zero attached hydrogens (tertiary/aromatic N) is 6. The molecule has 1 aromatic carbocycles. The van der Waals surface area contributed by atoms with E-state index in [1.807, 2.05) is 44.7 Å². The Morgan fingerprint density at radius 2 is 1.85 bits per heavy atom. The number of pyridine rings is 2. The Balaban J connectivity index is 1.75. The Morgan fingerprint density at radius 3 is 2.74 bits per heavy atom. The Labute approximate surface area is 155 Å². The highest BCUT2D eigenvalue weighted by Gasteiger charge is 2.14. The molecule has 5 aromatic rings. The van der Waals surface area contributed by atoms with Crippen LogP contribution in [0.2, 0.25) is 0 Å². The van der Waals surface area contributed by atoms with Gasteiger partial charge in [-0.05, 0) is 24.3 Å². The van der Waals surface area contributed by atoms with Crippen LogP contribution in [0.4, 0.5) is 17.2 Å².